The minimum Gasteiger partial charge on any atom is -0.465 e. The monoisotopic (exact) mass is 360 g/mol. The lowest BCUT2D eigenvalue weighted by atomic mass is 10.0. The highest BCUT2D eigenvalue weighted by atomic mass is 32.1. The van der Waals surface area contributed by atoms with Gasteiger partial charge in [-0.3, -0.25) is 0 Å². The minimum absolute atomic E-state index is 0.271. The molecular weight excluding hydrogens is 340 g/mol. The van der Waals surface area contributed by atoms with E-state index >= 15 is 0 Å². The third-order valence-electron chi connectivity index (χ3n) is 4.79. The lowest BCUT2D eigenvalue weighted by Gasteiger charge is -2.05. The van der Waals surface area contributed by atoms with Crippen molar-refractivity contribution in [3.05, 3.63) is 71.8 Å². The molecule has 0 fully saturated rings. The molecule has 2 nitrogen and oxygen atoms in total. The van der Waals surface area contributed by atoms with Crippen LogP contribution in [0.2, 0.25) is 0 Å². The number of ether oxygens (including phenoxy) is 1. The Hall–Kier alpha value is -2.65. The van der Waals surface area contributed by atoms with Crippen LogP contribution < -0.4 is 0 Å². The molecule has 0 radical (unpaired) electrons. The number of hydrogen-bond acceptors (Lipinski definition) is 3. The van der Waals surface area contributed by atoms with E-state index in [-0.39, 0.29) is 5.97 Å². The number of fused-ring (bicyclic) bond motifs is 3. The van der Waals surface area contributed by atoms with Gasteiger partial charge in [0.1, 0.15) is 0 Å². The van der Waals surface area contributed by atoms with Crippen molar-refractivity contribution in [2.24, 2.45) is 0 Å². The fraction of sp³-hybridized carbons (Fsp3) is 0.174. The molecule has 0 amide bonds. The highest BCUT2D eigenvalue weighted by molar-refractivity contribution is 7.22. The van der Waals surface area contributed by atoms with Crippen LogP contribution in [0, 0.1) is 0 Å². The van der Waals surface area contributed by atoms with Gasteiger partial charge in [0, 0.05) is 10.3 Å². The number of carbonyl (C=O) groups is 1. The smallest absolute Gasteiger partial charge is 0.339 e. The molecule has 0 unspecified atom stereocenters. The van der Waals surface area contributed by atoms with Crippen LogP contribution in [-0.4, -0.2) is 13.1 Å². The summed E-state index contributed by atoms with van der Waals surface area (Å²) in [5.41, 5.74) is 5.15. The summed E-state index contributed by atoms with van der Waals surface area (Å²) in [6.07, 6.45) is 0. The van der Waals surface area contributed by atoms with Crippen molar-refractivity contribution < 1.29 is 9.53 Å². The summed E-state index contributed by atoms with van der Waals surface area (Å²) in [5, 5.41) is 1.12. The second-order valence-electron chi connectivity index (χ2n) is 6.74. The lowest BCUT2D eigenvalue weighted by Crippen LogP contribution is -2.00. The highest BCUT2D eigenvalue weighted by Crippen LogP contribution is 2.46. The van der Waals surface area contributed by atoms with Crippen molar-refractivity contribution in [3.8, 4) is 21.6 Å². The van der Waals surface area contributed by atoms with Crippen LogP contribution in [0.15, 0.2) is 60.7 Å². The molecule has 130 valence electrons. The molecule has 2 aromatic rings. The van der Waals surface area contributed by atoms with Gasteiger partial charge in [-0.05, 0) is 40.3 Å². The van der Waals surface area contributed by atoms with Gasteiger partial charge in [-0.2, -0.15) is 0 Å². The van der Waals surface area contributed by atoms with E-state index in [2.05, 4.69) is 56.3 Å². The summed E-state index contributed by atoms with van der Waals surface area (Å²) in [5.74, 6) is 0.122. The quantitative estimate of drug-likeness (QED) is 0.386. The van der Waals surface area contributed by atoms with Crippen LogP contribution in [0.25, 0.3) is 31.7 Å². The van der Waals surface area contributed by atoms with E-state index in [9.17, 15) is 4.79 Å². The van der Waals surface area contributed by atoms with Crippen molar-refractivity contribution in [1.29, 1.82) is 0 Å². The van der Waals surface area contributed by atoms with E-state index in [0.717, 1.165) is 21.2 Å². The Morgan fingerprint density at radius 2 is 1.73 bits per heavy atom. The molecule has 0 N–H and O–H groups in total. The molecule has 0 saturated heterocycles. The molecule has 1 heterocycles. The first kappa shape index (κ1) is 16.8. The Morgan fingerprint density at radius 1 is 0.962 bits per heavy atom. The standard InChI is InChI=1S/C23H20O2S/c1-14(2)16-10-7-11-17-18(12-16)21(23(24)25-3)22-19(17)13-20(26-22)15-8-5-4-6-9-15/h4-14H,1-3H3. The van der Waals surface area contributed by atoms with Gasteiger partial charge in [0.2, 0.25) is 0 Å². The molecule has 0 bridgehead atoms. The third-order valence-corrected chi connectivity index (χ3v) is 5.99. The van der Waals surface area contributed by atoms with Gasteiger partial charge in [0.15, 0.2) is 0 Å². The summed E-state index contributed by atoms with van der Waals surface area (Å²) in [6, 6.07) is 20.9. The molecule has 0 atom stereocenters. The lowest BCUT2D eigenvalue weighted by molar-refractivity contribution is 0.0604. The number of benzene rings is 1. The van der Waals surface area contributed by atoms with Gasteiger partial charge in [-0.1, -0.05) is 62.4 Å². The second-order valence-corrected chi connectivity index (χ2v) is 7.79. The molecule has 0 spiro atoms. The average molecular weight is 360 g/mol. The number of thiophene rings is 1. The maximum Gasteiger partial charge on any atom is 0.339 e. The molecule has 2 aliphatic carbocycles. The van der Waals surface area contributed by atoms with Crippen molar-refractivity contribution >= 4 is 27.4 Å². The van der Waals surface area contributed by atoms with Crippen LogP contribution in [0.4, 0.5) is 0 Å². The maximum atomic E-state index is 12.6. The fourth-order valence-corrected chi connectivity index (χ4v) is 4.61. The molecule has 0 aliphatic heterocycles. The van der Waals surface area contributed by atoms with Crippen LogP contribution >= 0.6 is 11.3 Å². The molecular formula is C23H20O2S. The minimum atomic E-state index is -0.271. The van der Waals surface area contributed by atoms with E-state index in [0.29, 0.717) is 11.5 Å². The first-order valence-corrected chi connectivity index (χ1v) is 9.54. The Morgan fingerprint density at radius 3 is 2.42 bits per heavy atom. The predicted molar refractivity (Wildman–Crippen MR) is 109 cm³/mol. The van der Waals surface area contributed by atoms with Crippen molar-refractivity contribution in [2.75, 3.05) is 7.11 Å². The van der Waals surface area contributed by atoms with Crippen molar-refractivity contribution in [1.82, 2.24) is 0 Å². The predicted octanol–water partition coefficient (Wildman–Crippen LogP) is 6.58. The number of rotatable bonds is 3. The van der Waals surface area contributed by atoms with Crippen LogP contribution in [0.1, 0.15) is 35.7 Å². The Labute approximate surface area is 157 Å². The first-order chi connectivity index (χ1) is 12.6. The SMILES string of the molecule is COC(=O)c1c2cc(C(C)C)cccc-2c2cc(-c3ccccc3)sc12. The summed E-state index contributed by atoms with van der Waals surface area (Å²) < 4.78 is 6.13. The summed E-state index contributed by atoms with van der Waals surface area (Å²) in [6.45, 7) is 4.33. The Kier molecular flexibility index (Phi) is 4.25. The van der Waals surface area contributed by atoms with Gasteiger partial charge in [-0.25, -0.2) is 4.79 Å². The molecule has 3 heteroatoms. The van der Waals surface area contributed by atoms with Crippen molar-refractivity contribution in [3.63, 3.8) is 0 Å². The van der Waals surface area contributed by atoms with Crippen LogP contribution in [0.3, 0.4) is 0 Å². The summed E-state index contributed by atoms with van der Waals surface area (Å²) >= 11 is 1.66. The average Bonchev–Trinajstić information content (AvgIpc) is 3.10. The zero-order valence-electron chi connectivity index (χ0n) is 15.1. The van der Waals surface area contributed by atoms with Gasteiger partial charge in [-0.15, -0.1) is 11.3 Å². The number of methoxy groups -OCH3 is 1. The Bertz CT molecular complexity index is 1060. The van der Waals surface area contributed by atoms with Gasteiger partial charge < -0.3 is 4.74 Å². The van der Waals surface area contributed by atoms with Crippen LogP contribution in [0.5, 0.6) is 0 Å². The fourth-order valence-electron chi connectivity index (χ4n) is 3.39. The molecule has 4 rings (SSSR count). The molecule has 1 aromatic heterocycles. The highest BCUT2D eigenvalue weighted by Gasteiger charge is 2.25. The van der Waals surface area contributed by atoms with E-state index < -0.39 is 0 Å². The third kappa shape index (κ3) is 2.69. The number of carbonyl (C=O) groups excluding carboxylic acids is 1. The summed E-state index contributed by atoms with van der Waals surface area (Å²) in [4.78, 5) is 13.8. The zero-order valence-corrected chi connectivity index (χ0v) is 15.9. The van der Waals surface area contributed by atoms with Gasteiger partial charge >= 0.3 is 5.97 Å². The van der Waals surface area contributed by atoms with E-state index in [4.69, 9.17) is 4.74 Å². The van der Waals surface area contributed by atoms with E-state index in [1.54, 1.807) is 11.3 Å². The van der Waals surface area contributed by atoms with E-state index in [1.807, 2.05) is 18.2 Å². The first-order valence-electron chi connectivity index (χ1n) is 8.73. The van der Waals surface area contributed by atoms with Gasteiger partial charge in [0.25, 0.3) is 0 Å². The van der Waals surface area contributed by atoms with Crippen molar-refractivity contribution in [2.45, 2.75) is 19.8 Å². The molecule has 1 aromatic carbocycles. The van der Waals surface area contributed by atoms with Crippen LogP contribution in [-0.2, 0) is 4.74 Å². The Balaban J connectivity index is 2.05. The topological polar surface area (TPSA) is 26.3 Å². The molecule has 2 aliphatic rings. The molecule has 0 saturated carbocycles. The second kappa shape index (κ2) is 6.58. The number of esters is 1. The number of hydrogen-bond donors (Lipinski definition) is 0. The van der Waals surface area contributed by atoms with Gasteiger partial charge in [0.05, 0.1) is 17.4 Å². The normalized spacial score (nSPS) is 11.4. The zero-order chi connectivity index (χ0) is 18.3. The largest absolute Gasteiger partial charge is 0.465 e. The summed E-state index contributed by atoms with van der Waals surface area (Å²) in [7, 11) is 1.45. The maximum absolute atomic E-state index is 12.6. The molecule has 26 heavy (non-hydrogen) atoms. The van der Waals surface area contributed by atoms with E-state index in [1.165, 1.54) is 23.1 Å².